The van der Waals surface area contributed by atoms with E-state index >= 15 is 0 Å². The second kappa shape index (κ2) is 12.6. The quantitative estimate of drug-likeness (QED) is 0.335. The zero-order valence-electron chi connectivity index (χ0n) is 17.2. The molecule has 8 heteroatoms. The van der Waals surface area contributed by atoms with Crippen LogP contribution in [0.25, 0.3) is 0 Å². The van der Waals surface area contributed by atoms with Gasteiger partial charge in [-0.05, 0) is 30.5 Å². The topological polar surface area (TPSA) is 60.0 Å². The number of hydrogen-bond acceptors (Lipinski definition) is 3. The highest BCUT2D eigenvalue weighted by atomic mass is 127. The summed E-state index contributed by atoms with van der Waals surface area (Å²) in [5.41, 5.74) is 1.12. The highest BCUT2D eigenvalue weighted by Crippen LogP contribution is 2.26. The van der Waals surface area contributed by atoms with Crippen LogP contribution in [0.2, 0.25) is 5.02 Å². The first-order chi connectivity index (χ1) is 13.7. The third-order valence-electron chi connectivity index (χ3n) is 5.68. The Bertz CT molecular complexity index is 673. The molecule has 1 heterocycles. The van der Waals surface area contributed by atoms with Crippen molar-refractivity contribution in [1.82, 2.24) is 20.4 Å². The Morgan fingerprint density at radius 3 is 2.55 bits per heavy atom. The highest BCUT2D eigenvalue weighted by molar-refractivity contribution is 14.0. The number of piperazine rings is 1. The molecule has 6 nitrogen and oxygen atoms in total. The van der Waals surface area contributed by atoms with Crippen molar-refractivity contribution in [1.29, 1.82) is 0 Å². The summed E-state index contributed by atoms with van der Waals surface area (Å²) in [5.74, 6) is 1.47. The molecule has 0 aromatic heterocycles. The molecule has 2 N–H and O–H groups in total. The maximum atomic E-state index is 12.5. The van der Waals surface area contributed by atoms with Gasteiger partial charge in [-0.1, -0.05) is 36.6 Å². The van der Waals surface area contributed by atoms with E-state index in [-0.39, 0.29) is 24.0 Å². The average molecular weight is 534 g/mol. The van der Waals surface area contributed by atoms with Gasteiger partial charge in [-0.15, -0.1) is 24.0 Å². The minimum Gasteiger partial charge on any atom is -0.355 e. The summed E-state index contributed by atoms with van der Waals surface area (Å²) in [6.45, 7) is 6.08. The van der Waals surface area contributed by atoms with Gasteiger partial charge in [-0.3, -0.25) is 14.7 Å². The molecule has 0 atom stereocenters. The van der Waals surface area contributed by atoms with Crippen LogP contribution in [-0.4, -0.2) is 68.0 Å². The summed E-state index contributed by atoms with van der Waals surface area (Å²) in [6.07, 6.45) is 4.61. The molecule has 3 rings (SSSR count). The minimum absolute atomic E-state index is 0. The summed E-state index contributed by atoms with van der Waals surface area (Å²) < 4.78 is 0. The van der Waals surface area contributed by atoms with Crippen molar-refractivity contribution in [2.75, 3.05) is 46.3 Å². The monoisotopic (exact) mass is 533 g/mol. The Labute approximate surface area is 196 Å². The van der Waals surface area contributed by atoms with Crippen LogP contribution in [0.15, 0.2) is 29.3 Å². The molecular weight excluding hydrogens is 501 g/mol. The fourth-order valence-corrected chi connectivity index (χ4v) is 4.22. The number of rotatable bonds is 6. The first-order valence-electron chi connectivity index (χ1n) is 10.4. The van der Waals surface area contributed by atoms with Gasteiger partial charge in [-0.2, -0.15) is 0 Å². The van der Waals surface area contributed by atoms with Gasteiger partial charge in [0.05, 0.1) is 0 Å². The molecule has 2 aliphatic rings. The number of carbonyl (C=O) groups is 1. The van der Waals surface area contributed by atoms with Crippen LogP contribution in [0.1, 0.15) is 31.2 Å². The van der Waals surface area contributed by atoms with Crippen LogP contribution in [0.5, 0.6) is 0 Å². The molecule has 29 heavy (non-hydrogen) atoms. The van der Waals surface area contributed by atoms with Gasteiger partial charge in [0.25, 0.3) is 0 Å². The molecule has 162 valence electrons. The molecule has 1 aliphatic heterocycles. The van der Waals surface area contributed by atoms with Crippen LogP contribution in [0, 0.1) is 5.92 Å². The number of benzene rings is 1. The number of hydrogen-bond donors (Lipinski definition) is 2. The van der Waals surface area contributed by atoms with Gasteiger partial charge in [0, 0.05) is 63.8 Å². The summed E-state index contributed by atoms with van der Waals surface area (Å²) in [5, 5.41) is 7.42. The standard InChI is InChI=1S/C21H32ClN5O.HI/c1-23-21(25-16-17-5-4-8-19(22)15-17)24-9-10-26-11-13-27(14-12-26)20(28)18-6-2-3-7-18;/h4-5,8,15,18H,2-3,6-7,9-14,16H2,1H3,(H2,23,24,25);1H. The van der Waals surface area contributed by atoms with E-state index in [0.717, 1.165) is 68.7 Å². The second-order valence-corrected chi connectivity index (χ2v) is 8.07. The third-order valence-corrected chi connectivity index (χ3v) is 5.92. The fourth-order valence-electron chi connectivity index (χ4n) is 4.01. The van der Waals surface area contributed by atoms with E-state index in [9.17, 15) is 4.79 Å². The minimum atomic E-state index is 0. The van der Waals surface area contributed by atoms with Crippen molar-refractivity contribution in [2.24, 2.45) is 10.9 Å². The maximum Gasteiger partial charge on any atom is 0.225 e. The summed E-state index contributed by atoms with van der Waals surface area (Å²) in [6, 6.07) is 7.82. The van der Waals surface area contributed by atoms with Gasteiger partial charge in [0.1, 0.15) is 0 Å². The first-order valence-corrected chi connectivity index (χ1v) is 10.7. The lowest BCUT2D eigenvalue weighted by Crippen LogP contribution is -2.51. The molecule has 1 saturated heterocycles. The Kier molecular flexibility index (Phi) is 10.5. The number of guanidine groups is 1. The third kappa shape index (κ3) is 7.61. The Balaban J connectivity index is 0.00000300. The lowest BCUT2D eigenvalue weighted by molar-refractivity contribution is -0.137. The molecule has 0 spiro atoms. The first kappa shape index (κ1) is 24.2. The zero-order valence-corrected chi connectivity index (χ0v) is 20.3. The largest absolute Gasteiger partial charge is 0.355 e. The maximum absolute atomic E-state index is 12.5. The molecule has 0 bridgehead atoms. The van der Waals surface area contributed by atoms with Crippen LogP contribution in [-0.2, 0) is 11.3 Å². The van der Waals surface area contributed by atoms with E-state index in [1.165, 1.54) is 12.8 Å². The Morgan fingerprint density at radius 1 is 1.17 bits per heavy atom. The molecule has 2 fully saturated rings. The van der Waals surface area contributed by atoms with Crippen molar-refractivity contribution < 1.29 is 4.79 Å². The van der Waals surface area contributed by atoms with E-state index in [4.69, 9.17) is 11.6 Å². The number of nitrogens with one attached hydrogen (secondary N) is 2. The van der Waals surface area contributed by atoms with Crippen molar-refractivity contribution in [3.05, 3.63) is 34.9 Å². The number of carbonyl (C=O) groups excluding carboxylic acids is 1. The number of amides is 1. The summed E-state index contributed by atoms with van der Waals surface area (Å²) in [4.78, 5) is 21.3. The van der Waals surface area contributed by atoms with E-state index in [0.29, 0.717) is 18.4 Å². The molecular formula is C21H33ClIN5O. The van der Waals surface area contributed by atoms with Crippen LogP contribution < -0.4 is 10.6 Å². The predicted octanol–water partition coefficient (Wildman–Crippen LogP) is 2.96. The van der Waals surface area contributed by atoms with Crippen molar-refractivity contribution >= 4 is 47.4 Å². The van der Waals surface area contributed by atoms with Gasteiger partial charge >= 0.3 is 0 Å². The Morgan fingerprint density at radius 2 is 1.90 bits per heavy atom. The van der Waals surface area contributed by atoms with Gasteiger partial charge in [-0.25, -0.2) is 0 Å². The van der Waals surface area contributed by atoms with Crippen molar-refractivity contribution in [3.8, 4) is 0 Å². The average Bonchev–Trinajstić information content (AvgIpc) is 3.25. The molecule has 1 saturated carbocycles. The van der Waals surface area contributed by atoms with Gasteiger partial charge < -0.3 is 15.5 Å². The summed E-state index contributed by atoms with van der Waals surface area (Å²) >= 11 is 6.03. The normalized spacial score (nSPS) is 18.4. The molecule has 1 amide bonds. The predicted molar refractivity (Wildman–Crippen MR) is 130 cm³/mol. The smallest absolute Gasteiger partial charge is 0.225 e. The van der Waals surface area contributed by atoms with Crippen molar-refractivity contribution in [3.63, 3.8) is 0 Å². The second-order valence-electron chi connectivity index (χ2n) is 7.63. The van der Waals surface area contributed by atoms with E-state index in [1.807, 2.05) is 24.3 Å². The van der Waals surface area contributed by atoms with Gasteiger partial charge in [0.15, 0.2) is 5.96 Å². The SMILES string of the molecule is CN=C(NCCN1CCN(C(=O)C2CCCC2)CC1)NCc1cccc(Cl)c1.I. The van der Waals surface area contributed by atoms with E-state index in [2.05, 4.69) is 25.4 Å². The highest BCUT2D eigenvalue weighted by Gasteiger charge is 2.29. The van der Waals surface area contributed by atoms with Crippen molar-refractivity contribution in [2.45, 2.75) is 32.2 Å². The summed E-state index contributed by atoms with van der Waals surface area (Å²) in [7, 11) is 1.78. The van der Waals surface area contributed by atoms with Crippen LogP contribution in [0.3, 0.4) is 0 Å². The molecule has 1 aliphatic carbocycles. The molecule has 1 aromatic rings. The lowest BCUT2D eigenvalue weighted by Gasteiger charge is -2.36. The molecule has 0 radical (unpaired) electrons. The fraction of sp³-hybridized carbons (Fsp3) is 0.619. The Hall–Kier alpha value is -1.06. The van der Waals surface area contributed by atoms with E-state index < -0.39 is 0 Å². The number of aliphatic imine (C=N–C) groups is 1. The molecule has 1 aromatic carbocycles. The van der Waals surface area contributed by atoms with Gasteiger partial charge in [0.2, 0.25) is 5.91 Å². The van der Waals surface area contributed by atoms with E-state index in [1.54, 1.807) is 7.05 Å². The molecule has 0 unspecified atom stereocenters. The zero-order chi connectivity index (χ0) is 19.8. The van der Waals surface area contributed by atoms with Crippen LogP contribution >= 0.6 is 35.6 Å². The number of halogens is 2. The lowest BCUT2D eigenvalue weighted by atomic mass is 10.1. The van der Waals surface area contributed by atoms with Crippen LogP contribution in [0.4, 0.5) is 0 Å². The number of nitrogens with zero attached hydrogens (tertiary/aromatic N) is 3.